The number of ether oxygens (including phenoxy) is 2. The van der Waals surface area contributed by atoms with E-state index in [1.54, 1.807) is 48.8 Å². The van der Waals surface area contributed by atoms with Crippen LogP contribution in [0.5, 0.6) is 5.75 Å². The molecule has 0 bridgehead atoms. The van der Waals surface area contributed by atoms with Gasteiger partial charge in [0.05, 0.1) is 24.8 Å². The second-order valence-corrected chi connectivity index (χ2v) is 7.00. The molecule has 7 nitrogen and oxygen atoms in total. The van der Waals surface area contributed by atoms with Crippen LogP contribution in [0.3, 0.4) is 0 Å². The third kappa shape index (κ3) is 4.52. The van der Waals surface area contributed by atoms with E-state index < -0.39 is 17.7 Å². The lowest BCUT2D eigenvalue weighted by Crippen LogP contribution is -2.32. The van der Waals surface area contributed by atoms with Gasteiger partial charge in [0.2, 0.25) is 0 Å². The Kier molecular flexibility index (Phi) is 7.19. The standard InChI is InChI=1S/C23H26N2O5/c1-3-4-13-30-18-9-7-16(8-10-18)21(26)19-20(17-6-5-11-24-15-17)25(12-14-29-2)23(28)22(19)27/h5-11,15,20,26H,3-4,12-14H2,1-2H3/b21-19+. The molecular weight excluding hydrogens is 384 g/mol. The Balaban J connectivity index is 1.98. The van der Waals surface area contributed by atoms with Crippen molar-refractivity contribution in [2.75, 3.05) is 26.9 Å². The van der Waals surface area contributed by atoms with E-state index in [2.05, 4.69) is 11.9 Å². The monoisotopic (exact) mass is 410 g/mol. The number of rotatable bonds is 9. The van der Waals surface area contributed by atoms with Gasteiger partial charge in [-0.05, 0) is 42.3 Å². The van der Waals surface area contributed by atoms with E-state index in [0.29, 0.717) is 23.5 Å². The highest BCUT2D eigenvalue weighted by Gasteiger charge is 2.45. The number of benzene rings is 1. The number of Topliss-reactive ketones (excluding diaryl/α,β-unsaturated/α-hetero) is 1. The summed E-state index contributed by atoms with van der Waals surface area (Å²) >= 11 is 0. The number of hydrogen-bond acceptors (Lipinski definition) is 6. The average Bonchev–Trinajstić information content (AvgIpc) is 3.03. The molecule has 0 radical (unpaired) electrons. The van der Waals surface area contributed by atoms with Crippen LogP contribution in [0.2, 0.25) is 0 Å². The van der Waals surface area contributed by atoms with Gasteiger partial charge in [0.15, 0.2) is 0 Å². The number of carbonyl (C=O) groups excluding carboxylic acids is 2. The Labute approximate surface area is 175 Å². The maximum absolute atomic E-state index is 12.8. The number of aromatic nitrogens is 1. The van der Waals surface area contributed by atoms with Gasteiger partial charge in [-0.2, -0.15) is 0 Å². The van der Waals surface area contributed by atoms with Crippen molar-refractivity contribution in [1.29, 1.82) is 0 Å². The van der Waals surface area contributed by atoms with Crippen LogP contribution in [0, 0.1) is 0 Å². The highest BCUT2D eigenvalue weighted by Crippen LogP contribution is 2.39. The summed E-state index contributed by atoms with van der Waals surface area (Å²) in [7, 11) is 1.53. The molecule has 1 aromatic carbocycles. The number of carbonyl (C=O) groups is 2. The fourth-order valence-corrected chi connectivity index (χ4v) is 3.38. The largest absolute Gasteiger partial charge is 0.507 e. The first-order chi connectivity index (χ1) is 14.6. The molecule has 1 fully saturated rings. The number of aliphatic hydroxyl groups excluding tert-OH is 1. The zero-order valence-electron chi connectivity index (χ0n) is 17.2. The molecule has 0 saturated carbocycles. The summed E-state index contributed by atoms with van der Waals surface area (Å²) in [6.45, 7) is 3.20. The van der Waals surface area contributed by atoms with Crippen LogP contribution in [0.1, 0.15) is 36.9 Å². The molecule has 1 N–H and O–H groups in total. The first-order valence-corrected chi connectivity index (χ1v) is 9.99. The van der Waals surface area contributed by atoms with E-state index in [1.165, 1.54) is 12.0 Å². The van der Waals surface area contributed by atoms with Gasteiger partial charge in [-0.15, -0.1) is 0 Å². The maximum atomic E-state index is 12.8. The van der Waals surface area contributed by atoms with Crippen LogP contribution in [0.4, 0.5) is 0 Å². The van der Waals surface area contributed by atoms with Crippen LogP contribution in [0.15, 0.2) is 54.4 Å². The minimum absolute atomic E-state index is 0.0451. The lowest BCUT2D eigenvalue weighted by molar-refractivity contribution is -0.140. The van der Waals surface area contributed by atoms with Crippen LogP contribution in [-0.4, -0.2) is 53.5 Å². The van der Waals surface area contributed by atoms with Crippen molar-refractivity contribution < 1.29 is 24.2 Å². The van der Waals surface area contributed by atoms with Gasteiger partial charge in [0.1, 0.15) is 11.5 Å². The molecule has 1 aliphatic heterocycles. The number of pyridine rings is 1. The Morgan fingerprint density at radius 1 is 1.17 bits per heavy atom. The fraction of sp³-hybridized carbons (Fsp3) is 0.348. The molecule has 1 amide bonds. The van der Waals surface area contributed by atoms with Crippen molar-refractivity contribution in [2.45, 2.75) is 25.8 Å². The minimum Gasteiger partial charge on any atom is -0.507 e. The maximum Gasteiger partial charge on any atom is 0.295 e. The smallest absolute Gasteiger partial charge is 0.295 e. The van der Waals surface area contributed by atoms with Crippen molar-refractivity contribution >= 4 is 17.4 Å². The molecule has 0 spiro atoms. The summed E-state index contributed by atoms with van der Waals surface area (Å²) in [6, 6.07) is 9.62. The van der Waals surface area contributed by atoms with Crippen molar-refractivity contribution in [2.24, 2.45) is 0 Å². The van der Waals surface area contributed by atoms with Crippen molar-refractivity contribution in [1.82, 2.24) is 9.88 Å². The zero-order chi connectivity index (χ0) is 21.5. The number of methoxy groups -OCH3 is 1. The summed E-state index contributed by atoms with van der Waals surface area (Å²) in [6.07, 6.45) is 5.20. The molecular formula is C23H26N2O5. The lowest BCUT2D eigenvalue weighted by atomic mass is 9.96. The second kappa shape index (κ2) is 10.0. The van der Waals surface area contributed by atoms with Crippen molar-refractivity contribution in [3.05, 3.63) is 65.5 Å². The third-order valence-electron chi connectivity index (χ3n) is 4.97. The van der Waals surface area contributed by atoms with Crippen LogP contribution in [-0.2, 0) is 14.3 Å². The molecule has 2 aromatic rings. The number of unbranched alkanes of at least 4 members (excludes halogenated alkanes) is 1. The predicted octanol–water partition coefficient (Wildman–Crippen LogP) is 3.33. The summed E-state index contributed by atoms with van der Waals surface area (Å²) in [5.41, 5.74) is 1.13. The highest BCUT2D eigenvalue weighted by molar-refractivity contribution is 6.46. The van der Waals surface area contributed by atoms with E-state index in [9.17, 15) is 14.7 Å². The molecule has 1 unspecified atom stereocenters. The van der Waals surface area contributed by atoms with Gasteiger partial charge < -0.3 is 19.5 Å². The van der Waals surface area contributed by atoms with E-state index in [1.807, 2.05) is 0 Å². The molecule has 158 valence electrons. The number of hydrogen-bond donors (Lipinski definition) is 1. The van der Waals surface area contributed by atoms with Gasteiger partial charge in [0, 0.05) is 31.6 Å². The number of aliphatic hydroxyl groups is 1. The lowest BCUT2D eigenvalue weighted by Gasteiger charge is -2.24. The zero-order valence-corrected chi connectivity index (χ0v) is 17.2. The molecule has 1 aromatic heterocycles. The number of amides is 1. The van der Waals surface area contributed by atoms with Crippen LogP contribution >= 0.6 is 0 Å². The molecule has 0 aliphatic carbocycles. The Morgan fingerprint density at radius 3 is 2.57 bits per heavy atom. The highest BCUT2D eigenvalue weighted by atomic mass is 16.5. The van der Waals surface area contributed by atoms with Crippen molar-refractivity contribution in [3.8, 4) is 5.75 Å². The van der Waals surface area contributed by atoms with Gasteiger partial charge >= 0.3 is 0 Å². The quantitative estimate of drug-likeness (QED) is 0.295. The first-order valence-electron chi connectivity index (χ1n) is 9.99. The topological polar surface area (TPSA) is 89.0 Å². The number of ketones is 1. The van der Waals surface area contributed by atoms with Crippen LogP contribution in [0.25, 0.3) is 5.76 Å². The predicted molar refractivity (Wildman–Crippen MR) is 112 cm³/mol. The second-order valence-electron chi connectivity index (χ2n) is 7.00. The van der Waals surface area contributed by atoms with Gasteiger partial charge in [-0.25, -0.2) is 0 Å². The Bertz CT molecular complexity index is 909. The van der Waals surface area contributed by atoms with E-state index in [0.717, 1.165) is 12.8 Å². The SMILES string of the molecule is CCCCOc1ccc(/C(O)=C2\C(=O)C(=O)N(CCOC)C2c2cccnc2)cc1. The third-order valence-corrected chi connectivity index (χ3v) is 4.97. The number of nitrogens with zero attached hydrogens (tertiary/aromatic N) is 2. The molecule has 1 aliphatic rings. The molecule has 1 atom stereocenters. The van der Waals surface area contributed by atoms with Crippen LogP contribution < -0.4 is 4.74 Å². The molecule has 3 rings (SSSR count). The van der Waals surface area contributed by atoms with Gasteiger partial charge in [0.25, 0.3) is 11.7 Å². The normalized spacial score (nSPS) is 18.1. The first kappa shape index (κ1) is 21.5. The Hall–Kier alpha value is -3.19. The average molecular weight is 410 g/mol. The number of likely N-dealkylation sites (tertiary alicyclic amines) is 1. The summed E-state index contributed by atoms with van der Waals surface area (Å²) < 4.78 is 10.7. The molecule has 2 heterocycles. The molecule has 30 heavy (non-hydrogen) atoms. The fourth-order valence-electron chi connectivity index (χ4n) is 3.38. The Morgan fingerprint density at radius 2 is 1.93 bits per heavy atom. The van der Waals surface area contributed by atoms with Gasteiger partial charge in [-0.3, -0.25) is 14.6 Å². The summed E-state index contributed by atoms with van der Waals surface area (Å²) in [5, 5.41) is 11.0. The summed E-state index contributed by atoms with van der Waals surface area (Å²) in [5.74, 6) is -0.922. The van der Waals surface area contributed by atoms with E-state index in [4.69, 9.17) is 9.47 Å². The minimum atomic E-state index is -0.727. The van der Waals surface area contributed by atoms with Gasteiger partial charge in [-0.1, -0.05) is 19.4 Å². The van der Waals surface area contributed by atoms with Crippen molar-refractivity contribution in [3.63, 3.8) is 0 Å². The summed E-state index contributed by atoms with van der Waals surface area (Å²) in [4.78, 5) is 31.0. The van der Waals surface area contributed by atoms with E-state index >= 15 is 0 Å². The van der Waals surface area contributed by atoms with E-state index in [-0.39, 0.29) is 24.5 Å². The molecule has 1 saturated heterocycles. The molecule has 7 heteroatoms.